The first-order valence-corrected chi connectivity index (χ1v) is 7.48. The molecule has 1 aromatic carbocycles. The van der Waals surface area contributed by atoms with Crippen molar-refractivity contribution >= 4 is 45.1 Å². The first-order valence-electron chi connectivity index (χ1n) is 6.16. The van der Waals surface area contributed by atoms with Gasteiger partial charge in [-0.25, -0.2) is 4.79 Å². The number of carbonyl (C=O) groups is 2. The number of rotatable bonds is 5. The van der Waals surface area contributed by atoms with E-state index in [0.717, 1.165) is 0 Å². The highest BCUT2D eigenvalue weighted by atomic mass is 79.9. The highest BCUT2D eigenvalue weighted by Crippen LogP contribution is 2.27. The molecule has 20 heavy (non-hydrogen) atoms. The third-order valence-electron chi connectivity index (χ3n) is 2.68. The van der Waals surface area contributed by atoms with Gasteiger partial charge in [0.2, 0.25) is 5.91 Å². The normalized spacial score (nSPS) is 11.1. The number of hydrogen-bond donors (Lipinski definition) is 1. The molecule has 0 spiro atoms. The molecule has 0 aliphatic heterocycles. The molecule has 0 saturated heterocycles. The summed E-state index contributed by atoms with van der Waals surface area (Å²) in [5, 5.41) is 2.78. The van der Waals surface area contributed by atoms with Crippen LogP contribution in [-0.4, -0.2) is 24.4 Å². The van der Waals surface area contributed by atoms with Crippen LogP contribution >= 0.6 is 27.5 Å². The standard InChI is InChI=1S/C14H17BrClNO3/c1-4-20-12(18)9-5-6-11(10(15)7-9)17-13(19)14(2,3)8-16/h5-7H,4,8H2,1-3H3,(H,17,19). The van der Waals surface area contributed by atoms with E-state index in [0.29, 0.717) is 22.3 Å². The van der Waals surface area contributed by atoms with Crippen molar-refractivity contribution in [2.24, 2.45) is 5.41 Å². The van der Waals surface area contributed by atoms with Gasteiger partial charge < -0.3 is 10.1 Å². The Balaban J connectivity index is 2.89. The Kier molecular flexibility index (Phi) is 6.02. The molecule has 0 aliphatic carbocycles. The summed E-state index contributed by atoms with van der Waals surface area (Å²) in [6, 6.07) is 4.87. The summed E-state index contributed by atoms with van der Waals surface area (Å²) >= 11 is 9.09. The summed E-state index contributed by atoms with van der Waals surface area (Å²) in [5.41, 5.74) is 0.343. The van der Waals surface area contributed by atoms with Gasteiger partial charge in [-0.2, -0.15) is 0 Å². The van der Waals surface area contributed by atoms with Gasteiger partial charge >= 0.3 is 5.97 Å². The van der Waals surface area contributed by atoms with Crippen molar-refractivity contribution < 1.29 is 14.3 Å². The minimum absolute atomic E-state index is 0.183. The monoisotopic (exact) mass is 361 g/mol. The van der Waals surface area contributed by atoms with Crippen molar-refractivity contribution in [2.45, 2.75) is 20.8 Å². The van der Waals surface area contributed by atoms with Crippen LogP contribution in [0.5, 0.6) is 0 Å². The zero-order valence-electron chi connectivity index (χ0n) is 11.6. The van der Waals surface area contributed by atoms with E-state index in [1.165, 1.54) is 0 Å². The summed E-state index contributed by atoms with van der Waals surface area (Å²) in [6.07, 6.45) is 0. The van der Waals surface area contributed by atoms with Gasteiger partial charge in [0, 0.05) is 10.4 Å². The second-order valence-corrected chi connectivity index (χ2v) is 6.01. The zero-order valence-corrected chi connectivity index (χ0v) is 14.0. The lowest BCUT2D eigenvalue weighted by molar-refractivity contribution is -0.122. The van der Waals surface area contributed by atoms with Crippen LogP contribution in [0, 0.1) is 5.41 Å². The van der Waals surface area contributed by atoms with Crippen molar-refractivity contribution in [3.05, 3.63) is 28.2 Å². The van der Waals surface area contributed by atoms with Gasteiger partial charge in [-0.3, -0.25) is 4.79 Å². The fourth-order valence-corrected chi connectivity index (χ4v) is 1.91. The quantitative estimate of drug-likeness (QED) is 0.640. The Bertz CT molecular complexity index is 517. The lowest BCUT2D eigenvalue weighted by atomic mass is 9.95. The molecule has 1 N–H and O–H groups in total. The Labute approximate surface area is 132 Å². The predicted molar refractivity (Wildman–Crippen MR) is 83.2 cm³/mol. The van der Waals surface area contributed by atoms with Crippen LogP contribution in [0.3, 0.4) is 0 Å². The lowest BCUT2D eigenvalue weighted by Gasteiger charge is -2.21. The van der Waals surface area contributed by atoms with Gasteiger partial charge in [0.25, 0.3) is 0 Å². The van der Waals surface area contributed by atoms with E-state index < -0.39 is 11.4 Å². The molecular formula is C14H17BrClNO3. The fraction of sp³-hybridized carbons (Fsp3) is 0.429. The number of amides is 1. The molecule has 6 heteroatoms. The number of anilines is 1. The molecule has 0 fully saturated rings. The molecule has 110 valence electrons. The summed E-state index contributed by atoms with van der Waals surface area (Å²) < 4.78 is 5.52. The summed E-state index contributed by atoms with van der Waals surface area (Å²) in [7, 11) is 0. The van der Waals surface area contributed by atoms with Crippen molar-refractivity contribution in [1.82, 2.24) is 0 Å². The van der Waals surface area contributed by atoms with Gasteiger partial charge in [0.15, 0.2) is 0 Å². The van der Waals surface area contributed by atoms with Gasteiger partial charge in [-0.15, -0.1) is 11.6 Å². The molecule has 0 aliphatic rings. The molecule has 0 aromatic heterocycles. The molecule has 1 aromatic rings. The van der Waals surface area contributed by atoms with Crippen LogP contribution in [0.1, 0.15) is 31.1 Å². The van der Waals surface area contributed by atoms with Crippen molar-refractivity contribution in [1.29, 1.82) is 0 Å². The molecule has 0 bridgehead atoms. The molecular weight excluding hydrogens is 346 g/mol. The SMILES string of the molecule is CCOC(=O)c1ccc(NC(=O)C(C)(C)CCl)c(Br)c1. The lowest BCUT2D eigenvalue weighted by Crippen LogP contribution is -2.32. The second kappa shape index (κ2) is 7.09. The molecule has 1 amide bonds. The van der Waals surface area contributed by atoms with E-state index in [-0.39, 0.29) is 11.8 Å². The maximum atomic E-state index is 12.0. The van der Waals surface area contributed by atoms with Gasteiger partial charge in [0.05, 0.1) is 23.3 Å². The minimum Gasteiger partial charge on any atom is -0.462 e. The number of benzene rings is 1. The largest absolute Gasteiger partial charge is 0.462 e. The van der Waals surface area contributed by atoms with E-state index >= 15 is 0 Å². The van der Waals surface area contributed by atoms with Crippen LogP contribution < -0.4 is 5.32 Å². The van der Waals surface area contributed by atoms with E-state index in [9.17, 15) is 9.59 Å². The van der Waals surface area contributed by atoms with E-state index in [4.69, 9.17) is 16.3 Å². The number of carbonyl (C=O) groups excluding carboxylic acids is 2. The zero-order chi connectivity index (χ0) is 15.3. The van der Waals surface area contributed by atoms with Gasteiger partial charge in [-0.1, -0.05) is 0 Å². The number of nitrogens with one attached hydrogen (secondary N) is 1. The third-order valence-corrected chi connectivity index (χ3v) is 4.00. The number of halogens is 2. The highest BCUT2D eigenvalue weighted by molar-refractivity contribution is 9.10. The summed E-state index contributed by atoms with van der Waals surface area (Å²) in [4.78, 5) is 23.6. The molecule has 0 heterocycles. The van der Waals surface area contributed by atoms with Crippen molar-refractivity contribution in [3.8, 4) is 0 Å². The predicted octanol–water partition coefficient (Wildman–Crippen LogP) is 3.83. The Morgan fingerprint density at radius 3 is 2.55 bits per heavy atom. The van der Waals surface area contributed by atoms with Crippen LogP contribution in [0.15, 0.2) is 22.7 Å². The Hall–Kier alpha value is -1.07. The molecule has 0 radical (unpaired) electrons. The van der Waals surface area contributed by atoms with Crippen molar-refractivity contribution in [3.63, 3.8) is 0 Å². The maximum absolute atomic E-state index is 12.0. The molecule has 1 rings (SSSR count). The van der Waals surface area contributed by atoms with Crippen LogP contribution in [0.25, 0.3) is 0 Å². The van der Waals surface area contributed by atoms with Crippen LogP contribution in [0.2, 0.25) is 0 Å². The van der Waals surface area contributed by atoms with E-state index in [1.54, 1.807) is 39.0 Å². The smallest absolute Gasteiger partial charge is 0.338 e. The summed E-state index contributed by atoms with van der Waals surface area (Å²) in [5.74, 6) is -0.360. The molecule has 0 atom stereocenters. The van der Waals surface area contributed by atoms with E-state index in [1.807, 2.05) is 0 Å². The number of alkyl halides is 1. The molecule has 4 nitrogen and oxygen atoms in total. The van der Waals surface area contributed by atoms with Gasteiger partial charge in [-0.05, 0) is 54.9 Å². The number of ether oxygens (including phenoxy) is 1. The number of esters is 1. The van der Waals surface area contributed by atoms with E-state index in [2.05, 4.69) is 21.2 Å². The second-order valence-electron chi connectivity index (χ2n) is 4.89. The fourth-order valence-electron chi connectivity index (χ4n) is 1.31. The Morgan fingerprint density at radius 1 is 1.40 bits per heavy atom. The highest BCUT2D eigenvalue weighted by Gasteiger charge is 2.27. The topological polar surface area (TPSA) is 55.4 Å². The maximum Gasteiger partial charge on any atom is 0.338 e. The third kappa shape index (κ3) is 4.21. The average Bonchev–Trinajstić information content (AvgIpc) is 2.41. The summed E-state index contributed by atoms with van der Waals surface area (Å²) in [6.45, 7) is 5.58. The minimum atomic E-state index is -0.666. The Morgan fingerprint density at radius 2 is 2.05 bits per heavy atom. The van der Waals surface area contributed by atoms with Crippen LogP contribution in [0.4, 0.5) is 5.69 Å². The van der Waals surface area contributed by atoms with Crippen LogP contribution in [-0.2, 0) is 9.53 Å². The average molecular weight is 363 g/mol. The first-order chi connectivity index (χ1) is 9.31. The van der Waals surface area contributed by atoms with Crippen molar-refractivity contribution in [2.75, 3.05) is 17.8 Å². The molecule has 0 unspecified atom stereocenters. The van der Waals surface area contributed by atoms with Gasteiger partial charge in [0.1, 0.15) is 0 Å². The molecule has 0 saturated carbocycles. The first kappa shape index (κ1) is 17.0. The number of hydrogen-bond acceptors (Lipinski definition) is 3.